The summed E-state index contributed by atoms with van der Waals surface area (Å²) in [5, 5.41) is 5.71. The molecule has 1 aliphatic carbocycles. The lowest BCUT2D eigenvalue weighted by molar-refractivity contribution is -0.115. The summed E-state index contributed by atoms with van der Waals surface area (Å²) >= 11 is 0. The summed E-state index contributed by atoms with van der Waals surface area (Å²) in [6, 6.07) is 7.09. The molecule has 27 heavy (non-hydrogen) atoms. The van der Waals surface area contributed by atoms with E-state index in [2.05, 4.69) is 10.6 Å². The van der Waals surface area contributed by atoms with E-state index < -0.39 is 0 Å². The van der Waals surface area contributed by atoms with Crippen LogP contribution >= 0.6 is 0 Å². The first kappa shape index (κ1) is 18.9. The summed E-state index contributed by atoms with van der Waals surface area (Å²) in [5.74, 6) is 0.516. The minimum atomic E-state index is -0.328. The minimum absolute atomic E-state index is 0.0455. The third-order valence-corrected chi connectivity index (χ3v) is 4.88. The lowest BCUT2D eigenvalue weighted by Gasteiger charge is -2.14. The van der Waals surface area contributed by atoms with Crippen LogP contribution in [0.3, 0.4) is 0 Å². The van der Waals surface area contributed by atoms with Crippen molar-refractivity contribution < 1.29 is 18.8 Å². The SMILES string of the molecule is CCC(=O)Nc1ccc([C@H](C)NC(=O)c2oc3c(c2C)C(=O)CCC3)cc1. The summed E-state index contributed by atoms with van der Waals surface area (Å²) < 4.78 is 5.70. The second kappa shape index (κ2) is 7.78. The maximum Gasteiger partial charge on any atom is 0.287 e. The van der Waals surface area contributed by atoms with E-state index >= 15 is 0 Å². The first-order valence-electron chi connectivity index (χ1n) is 9.26. The van der Waals surface area contributed by atoms with Crippen molar-refractivity contribution in [2.75, 3.05) is 5.32 Å². The molecule has 2 amide bonds. The molecule has 6 heteroatoms. The second-order valence-electron chi connectivity index (χ2n) is 6.85. The van der Waals surface area contributed by atoms with Crippen LogP contribution in [-0.4, -0.2) is 17.6 Å². The smallest absolute Gasteiger partial charge is 0.287 e. The van der Waals surface area contributed by atoms with Crippen LogP contribution in [0, 0.1) is 6.92 Å². The molecule has 1 aromatic heterocycles. The number of ketones is 1. The van der Waals surface area contributed by atoms with Crippen LogP contribution in [0.5, 0.6) is 0 Å². The quantitative estimate of drug-likeness (QED) is 0.836. The van der Waals surface area contributed by atoms with Crippen LogP contribution in [0.15, 0.2) is 28.7 Å². The molecule has 0 spiro atoms. The maximum absolute atomic E-state index is 12.7. The van der Waals surface area contributed by atoms with E-state index in [1.54, 1.807) is 26.0 Å². The van der Waals surface area contributed by atoms with Gasteiger partial charge in [-0.05, 0) is 38.0 Å². The Hall–Kier alpha value is -2.89. The number of aryl methyl sites for hydroxylation is 1. The molecule has 2 N–H and O–H groups in total. The van der Waals surface area contributed by atoms with Gasteiger partial charge in [-0.1, -0.05) is 19.1 Å². The van der Waals surface area contributed by atoms with Gasteiger partial charge in [0, 0.05) is 30.5 Å². The van der Waals surface area contributed by atoms with Gasteiger partial charge in [-0.15, -0.1) is 0 Å². The molecule has 0 radical (unpaired) electrons. The Balaban J connectivity index is 1.71. The molecule has 0 bridgehead atoms. The van der Waals surface area contributed by atoms with Gasteiger partial charge in [0.25, 0.3) is 5.91 Å². The number of fused-ring (bicyclic) bond motifs is 1. The van der Waals surface area contributed by atoms with Crippen LogP contribution < -0.4 is 10.6 Å². The molecule has 142 valence electrons. The van der Waals surface area contributed by atoms with Gasteiger partial charge < -0.3 is 15.1 Å². The number of hydrogen-bond donors (Lipinski definition) is 2. The van der Waals surface area contributed by atoms with Crippen molar-refractivity contribution >= 4 is 23.3 Å². The summed E-state index contributed by atoms with van der Waals surface area (Å²) in [6.07, 6.45) is 2.38. The highest BCUT2D eigenvalue weighted by molar-refractivity contribution is 6.03. The fraction of sp³-hybridized carbons (Fsp3) is 0.381. The molecule has 0 saturated carbocycles. The van der Waals surface area contributed by atoms with Crippen molar-refractivity contribution in [2.24, 2.45) is 0 Å². The molecule has 3 rings (SSSR count). The predicted molar refractivity (Wildman–Crippen MR) is 102 cm³/mol. The Morgan fingerprint density at radius 2 is 1.89 bits per heavy atom. The average molecular weight is 368 g/mol. The van der Waals surface area contributed by atoms with E-state index in [-0.39, 0.29) is 29.4 Å². The number of hydrogen-bond acceptors (Lipinski definition) is 4. The fourth-order valence-electron chi connectivity index (χ4n) is 3.32. The molecular weight excluding hydrogens is 344 g/mol. The Morgan fingerprint density at radius 3 is 2.52 bits per heavy atom. The Morgan fingerprint density at radius 1 is 1.19 bits per heavy atom. The number of rotatable bonds is 5. The summed E-state index contributed by atoms with van der Waals surface area (Å²) in [6.45, 7) is 5.43. The highest BCUT2D eigenvalue weighted by atomic mass is 16.4. The number of nitrogens with one attached hydrogen (secondary N) is 2. The normalized spacial score (nSPS) is 14.4. The molecule has 1 aromatic carbocycles. The Labute approximate surface area is 158 Å². The van der Waals surface area contributed by atoms with E-state index in [1.807, 2.05) is 19.1 Å². The molecular formula is C21H24N2O4. The van der Waals surface area contributed by atoms with E-state index in [4.69, 9.17) is 4.42 Å². The number of amides is 2. The molecule has 1 atom stereocenters. The van der Waals surface area contributed by atoms with Crippen LogP contribution in [-0.2, 0) is 11.2 Å². The predicted octanol–water partition coefficient (Wildman–Crippen LogP) is 3.95. The molecule has 6 nitrogen and oxygen atoms in total. The minimum Gasteiger partial charge on any atom is -0.455 e. The van der Waals surface area contributed by atoms with Crippen molar-refractivity contribution in [3.63, 3.8) is 0 Å². The van der Waals surface area contributed by atoms with Crippen molar-refractivity contribution in [3.05, 3.63) is 52.5 Å². The van der Waals surface area contributed by atoms with E-state index in [1.165, 1.54) is 0 Å². The van der Waals surface area contributed by atoms with Gasteiger partial charge in [-0.25, -0.2) is 0 Å². The van der Waals surface area contributed by atoms with Crippen molar-refractivity contribution in [2.45, 2.75) is 52.5 Å². The van der Waals surface area contributed by atoms with Crippen LogP contribution in [0.1, 0.15) is 77.0 Å². The molecule has 0 aliphatic heterocycles. The molecule has 1 aliphatic rings. The summed E-state index contributed by atoms with van der Waals surface area (Å²) in [7, 11) is 0. The average Bonchev–Trinajstić information content (AvgIpc) is 3.00. The molecule has 2 aromatic rings. The van der Waals surface area contributed by atoms with Gasteiger partial charge >= 0.3 is 0 Å². The third kappa shape index (κ3) is 3.94. The number of Topliss-reactive ketones (excluding diaryl/α,β-unsaturated/α-hetero) is 1. The standard InChI is InChI=1S/C21H24N2O4/c1-4-18(25)23-15-10-8-14(9-11-15)13(3)22-21(26)20-12(2)19-16(24)6-5-7-17(19)27-20/h8-11,13H,4-7H2,1-3H3,(H,22,26)(H,23,25)/t13-/m0/s1. The monoisotopic (exact) mass is 368 g/mol. The number of carbonyl (C=O) groups excluding carboxylic acids is 3. The van der Waals surface area contributed by atoms with E-state index in [0.29, 0.717) is 36.1 Å². The van der Waals surface area contributed by atoms with Gasteiger partial charge in [0.1, 0.15) is 5.76 Å². The first-order valence-corrected chi connectivity index (χ1v) is 9.26. The summed E-state index contributed by atoms with van der Waals surface area (Å²) in [4.78, 5) is 36.2. The fourth-order valence-corrected chi connectivity index (χ4v) is 3.32. The lowest BCUT2D eigenvalue weighted by atomic mass is 9.94. The number of furan rings is 1. The summed E-state index contributed by atoms with van der Waals surface area (Å²) in [5.41, 5.74) is 2.83. The van der Waals surface area contributed by atoms with Gasteiger partial charge in [0.05, 0.1) is 11.6 Å². The lowest BCUT2D eigenvalue weighted by Crippen LogP contribution is -2.27. The Kier molecular flexibility index (Phi) is 5.44. The van der Waals surface area contributed by atoms with Crippen LogP contribution in [0.2, 0.25) is 0 Å². The van der Waals surface area contributed by atoms with Gasteiger partial charge in [0.2, 0.25) is 5.91 Å². The second-order valence-corrected chi connectivity index (χ2v) is 6.85. The van der Waals surface area contributed by atoms with Crippen molar-refractivity contribution in [1.29, 1.82) is 0 Å². The van der Waals surface area contributed by atoms with Gasteiger partial charge in [-0.3, -0.25) is 14.4 Å². The topological polar surface area (TPSA) is 88.4 Å². The highest BCUT2D eigenvalue weighted by Gasteiger charge is 2.29. The molecule has 1 heterocycles. The molecule has 0 fully saturated rings. The van der Waals surface area contributed by atoms with E-state index in [0.717, 1.165) is 17.7 Å². The van der Waals surface area contributed by atoms with Crippen LogP contribution in [0.25, 0.3) is 0 Å². The number of benzene rings is 1. The third-order valence-electron chi connectivity index (χ3n) is 4.88. The Bertz CT molecular complexity index is 880. The van der Waals surface area contributed by atoms with Crippen LogP contribution in [0.4, 0.5) is 5.69 Å². The zero-order valence-corrected chi connectivity index (χ0v) is 15.8. The number of carbonyl (C=O) groups is 3. The van der Waals surface area contributed by atoms with Crippen molar-refractivity contribution in [3.8, 4) is 0 Å². The first-order chi connectivity index (χ1) is 12.9. The van der Waals surface area contributed by atoms with Gasteiger partial charge in [-0.2, -0.15) is 0 Å². The zero-order valence-electron chi connectivity index (χ0n) is 15.8. The molecule has 0 saturated heterocycles. The van der Waals surface area contributed by atoms with Gasteiger partial charge in [0.15, 0.2) is 11.5 Å². The van der Waals surface area contributed by atoms with E-state index in [9.17, 15) is 14.4 Å². The maximum atomic E-state index is 12.7. The zero-order chi connectivity index (χ0) is 19.6. The largest absolute Gasteiger partial charge is 0.455 e. The molecule has 0 unspecified atom stereocenters. The van der Waals surface area contributed by atoms with Crippen molar-refractivity contribution in [1.82, 2.24) is 5.32 Å². The number of anilines is 1. The highest BCUT2D eigenvalue weighted by Crippen LogP contribution is 2.29.